The standard InChI is InChI=1S/C23H16FIN4O4/c24-15-4-3-5-16(11-15)27-21(30)13-33-20-9-8-14(10-18(20)25)12-26-29-22(31)17-6-1-2-7-19(17)28-23(29)32/h1-12H,13H2,(H,27,30)(H,28,32). The number of anilines is 1. The summed E-state index contributed by atoms with van der Waals surface area (Å²) in [7, 11) is 0. The molecule has 0 bridgehead atoms. The zero-order chi connectivity index (χ0) is 23.4. The van der Waals surface area contributed by atoms with Crippen LogP contribution in [-0.2, 0) is 4.79 Å². The number of carbonyl (C=O) groups excluding carboxylic acids is 1. The predicted molar refractivity (Wildman–Crippen MR) is 132 cm³/mol. The van der Waals surface area contributed by atoms with Gasteiger partial charge < -0.3 is 15.0 Å². The first kappa shape index (κ1) is 22.4. The topological polar surface area (TPSA) is 106 Å². The van der Waals surface area contributed by atoms with Gasteiger partial charge in [-0.05, 0) is 76.7 Å². The summed E-state index contributed by atoms with van der Waals surface area (Å²) in [5, 5.41) is 6.93. The summed E-state index contributed by atoms with van der Waals surface area (Å²) in [4.78, 5) is 39.4. The molecule has 0 radical (unpaired) electrons. The fraction of sp³-hybridized carbons (Fsp3) is 0.0435. The Labute approximate surface area is 199 Å². The van der Waals surface area contributed by atoms with Crippen LogP contribution in [0, 0.1) is 9.39 Å². The third kappa shape index (κ3) is 5.34. The normalized spacial score (nSPS) is 11.1. The number of halogens is 2. The molecule has 0 spiro atoms. The Bertz CT molecular complexity index is 1500. The van der Waals surface area contributed by atoms with Crippen LogP contribution < -0.4 is 21.3 Å². The van der Waals surface area contributed by atoms with E-state index in [-0.39, 0.29) is 6.61 Å². The molecule has 0 fully saturated rings. The highest BCUT2D eigenvalue weighted by atomic mass is 127. The number of aromatic amines is 1. The minimum atomic E-state index is -0.645. The molecule has 166 valence electrons. The van der Waals surface area contributed by atoms with Crippen LogP contribution >= 0.6 is 22.6 Å². The molecule has 1 amide bonds. The van der Waals surface area contributed by atoms with Crippen molar-refractivity contribution in [2.45, 2.75) is 0 Å². The Morgan fingerprint density at radius 1 is 1.12 bits per heavy atom. The van der Waals surface area contributed by atoms with E-state index in [4.69, 9.17) is 4.74 Å². The van der Waals surface area contributed by atoms with Gasteiger partial charge in [-0.2, -0.15) is 5.10 Å². The summed E-state index contributed by atoms with van der Waals surface area (Å²) >= 11 is 2.04. The molecule has 2 N–H and O–H groups in total. The van der Waals surface area contributed by atoms with E-state index in [1.54, 1.807) is 48.5 Å². The van der Waals surface area contributed by atoms with Gasteiger partial charge in [0.1, 0.15) is 11.6 Å². The van der Waals surface area contributed by atoms with Gasteiger partial charge in [0.15, 0.2) is 6.61 Å². The number of carbonyl (C=O) groups is 1. The van der Waals surface area contributed by atoms with Crippen molar-refractivity contribution in [1.29, 1.82) is 0 Å². The first-order valence-corrected chi connectivity index (χ1v) is 10.7. The number of benzene rings is 3. The minimum absolute atomic E-state index is 0.262. The lowest BCUT2D eigenvalue weighted by atomic mass is 10.2. The van der Waals surface area contributed by atoms with Gasteiger partial charge in [-0.3, -0.25) is 9.59 Å². The average Bonchev–Trinajstić information content (AvgIpc) is 2.78. The van der Waals surface area contributed by atoms with E-state index in [1.165, 1.54) is 24.4 Å². The molecule has 10 heteroatoms. The molecule has 0 saturated heterocycles. The highest BCUT2D eigenvalue weighted by molar-refractivity contribution is 14.1. The maximum Gasteiger partial charge on any atom is 0.349 e. The molecule has 0 unspecified atom stereocenters. The van der Waals surface area contributed by atoms with E-state index >= 15 is 0 Å². The molecule has 0 aliphatic rings. The lowest BCUT2D eigenvalue weighted by Gasteiger charge is -2.09. The highest BCUT2D eigenvalue weighted by Crippen LogP contribution is 2.21. The fourth-order valence-corrected chi connectivity index (χ4v) is 3.70. The molecule has 0 saturated carbocycles. The number of nitrogens with one attached hydrogen (secondary N) is 2. The van der Waals surface area contributed by atoms with Crippen LogP contribution in [0.1, 0.15) is 5.56 Å². The Kier molecular flexibility index (Phi) is 6.63. The number of fused-ring (bicyclic) bond motifs is 1. The number of nitrogens with zero attached hydrogens (tertiary/aromatic N) is 2. The zero-order valence-electron chi connectivity index (χ0n) is 16.9. The summed E-state index contributed by atoms with van der Waals surface area (Å²) in [6.07, 6.45) is 1.38. The Balaban J connectivity index is 1.45. The van der Waals surface area contributed by atoms with Crippen molar-refractivity contribution >= 4 is 51.3 Å². The molecular formula is C23H16FIN4O4. The number of aromatic nitrogens is 2. The minimum Gasteiger partial charge on any atom is -0.483 e. The first-order chi connectivity index (χ1) is 15.9. The van der Waals surface area contributed by atoms with Crippen LogP contribution in [0.3, 0.4) is 0 Å². The van der Waals surface area contributed by atoms with Crippen LogP contribution in [0.4, 0.5) is 10.1 Å². The Hall–Kier alpha value is -3.80. The fourth-order valence-electron chi connectivity index (χ4n) is 3.00. The second-order valence-electron chi connectivity index (χ2n) is 6.87. The third-order valence-electron chi connectivity index (χ3n) is 4.53. The van der Waals surface area contributed by atoms with Crippen LogP contribution in [0.5, 0.6) is 5.75 Å². The molecule has 33 heavy (non-hydrogen) atoms. The maximum absolute atomic E-state index is 13.2. The summed E-state index contributed by atoms with van der Waals surface area (Å²) < 4.78 is 20.2. The van der Waals surface area contributed by atoms with Crippen LogP contribution in [-0.4, -0.2) is 28.4 Å². The molecule has 0 aliphatic heterocycles. The van der Waals surface area contributed by atoms with Crippen molar-refractivity contribution in [1.82, 2.24) is 9.66 Å². The Morgan fingerprint density at radius 2 is 1.94 bits per heavy atom. The van der Waals surface area contributed by atoms with Gasteiger partial charge in [0.25, 0.3) is 11.5 Å². The Morgan fingerprint density at radius 3 is 2.73 bits per heavy atom. The third-order valence-corrected chi connectivity index (χ3v) is 5.37. The lowest BCUT2D eigenvalue weighted by Crippen LogP contribution is -2.32. The average molecular weight is 558 g/mol. The quantitative estimate of drug-likeness (QED) is 0.280. The van der Waals surface area contributed by atoms with Crippen molar-refractivity contribution in [3.05, 3.63) is 103 Å². The van der Waals surface area contributed by atoms with Crippen molar-refractivity contribution in [3.63, 3.8) is 0 Å². The lowest BCUT2D eigenvalue weighted by molar-refractivity contribution is -0.118. The smallest absolute Gasteiger partial charge is 0.349 e. The van der Waals surface area contributed by atoms with Gasteiger partial charge in [0.2, 0.25) is 0 Å². The second-order valence-corrected chi connectivity index (χ2v) is 8.04. The van der Waals surface area contributed by atoms with E-state index in [1.807, 2.05) is 22.6 Å². The number of para-hydroxylation sites is 1. The molecule has 8 nitrogen and oxygen atoms in total. The molecule has 0 aliphatic carbocycles. The second kappa shape index (κ2) is 9.77. The van der Waals surface area contributed by atoms with Gasteiger partial charge in [0, 0.05) is 5.69 Å². The predicted octanol–water partition coefficient (Wildman–Crippen LogP) is 3.33. The molecule has 3 aromatic carbocycles. The maximum atomic E-state index is 13.2. The van der Waals surface area contributed by atoms with E-state index in [2.05, 4.69) is 15.4 Å². The summed E-state index contributed by atoms with van der Waals surface area (Å²) in [5.41, 5.74) is 0.231. The van der Waals surface area contributed by atoms with Gasteiger partial charge in [-0.25, -0.2) is 9.18 Å². The first-order valence-electron chi connectivity index (χ1n) is 9.67. The summed E-state index contributed by atoms with van der Waals surface area (Å²) in [5.74, 6) is -0.423. The van der Waals surface area contributed by atoms with Crippen LogP contribution in [0.25, 0.3) is 10.9 Å². The largest absolute Gasteiger partial charge is 0.483 e. The number of ether oxygens (including phenoxy) is 1. The molecule has 1 heterocycles. The number of amides is 1. The van der Waals surface area contributed by atoms with E-state index in [0.29, 0.717) is 31.5 Å². The van der Waals surface area contributed by atoms with Gasteiger partial charge >= 0.3 is 5.69 Å². The van der Waals surface area contributed by atoms with Crippen molar-refractivity contribution in [2.75, 3.05) is 11.9 Å². The zero-order valence-corrected chi connectivity index (χ0v) is 19.1. The number of H-pyrrole nitrogens is 1. The molecule has 1 aromatic heterocycles. The molecule has 4 aromatic rings. The van der Waals surface area contributed by atoms with Gasteiger partial charge in [-0.1, -0.05) is 18.2 Å². The number of rotatable bonds is 6. The van der Waals surface area contributed by atoms with E-state index in [0.717, 1.165) is 4.68 Å². The van der Waals surface area contributed by atoms with Gasteiger partial charge in [-0.15, -0.1) is 4.68 Å². The van der Waals surface area contributed by atoms with Crippen LogP contribution in [0.2, 0.25) is 0 Å². The molecule has 0 atom stereocenters. The van der Waals surface area contributed by atoms with Crippen molar-refractivity contribution in [2.24, 2.45) is 5.10 Å². The molecule has 4 rings (SSSR count). The SMILES string of the molecule is O=C(COc1ccc(C=Nn2c(=O)[nH]c3ccccc3c2=O)cc1I)Nc1cccc(F)c1. The number of hydrogen-bond donors (Lipinski definition) is 2. The highest BCUT2D eigenvalue weighted by Gasteiger charge is 2.08. The van der Waals surface area contributed by atoms with Crippen molar-refractivity contribution < 1.29 is 13.9 Å². The van der Waals surface area contributed by atoms with Gasteiger partial charge in [0.05, 0.1) is 20.7 Å². The molecular weight excluding hydrogens is 542 g/mol. The van der Waals surface area contributed by atoms with E-state index < -0.39 is 23.0 Å². The van der Waals surface area contributed by atoms with E-state index in [9.17, 15) is 18.8 Å². The number of hydrogen-bond acceptors (Lipinski definition) is 5. The monoisotopic (exact) mass is 558 g/mol. The van der Waals surface area contributed by atoms with Crippen LogP contribution in [0.15, 0.2) is 81.4 Å². The van der Waals surface area contributed by atoms with Crippen molar-refractivity contribution in [3.8, 4) is 5.75 Å². The summed E-state index contributed by atoms with van der Waals surface area (Å²) in [6.45, 7) is -0.262. The summed E-state index contributed by atoms with van der Waals surface area (Å²) in [6, 6.07) is 17.3.